The summed E-state index contributed by atoms with van der Waals surface area (Å²) < 4.78 is 5.49. The van der Waals surface area contributed by atoms with Crippen molar-refractivity contribution in [3.63, 3.8) is 0 Å². The van der Waals surface area contributed by atoms with Crippen LogP contribution < -0.4 is 10.1 Å². The van der Waals surface area contributed by atoms with Crippen LogP contribution in [0.4, 0.5) is 5.69 Å². The second-order valence-corrected chi connectivity index (χ2v) is 4.88. The molecule has 2 nitrogen and oxygen atoms in total. The van der Waals surface area contributed by atoms with E-state index in [2.05, 4.69) is 55.6 Å². The Morgan fingerprint density at radius 2 is 1.79 bits per heavy atom. The van der Waals surface area contributed by atoms with E-state index in [1.807, 2.05) is 7.05 Å². The normalized spacial score (nSPS) is 10.3. The molecule has 0 bridgehead atoms. The van der Waals surface area contributed by atoms with E-state index in [1.54, 1.807) is 7.11 Å². The second kappa shape index (κ2) is 5.79. The Kier molecular flexibility index (Phi) is 4.10. The van der Waals surface area contributed by atoms with Gasteiger partial charge < -0.3 is 10.1 Å². The van der Waals surface area contributed by atoms with Gasteiger partial charge in [-0.25, -0.2) is 0 Å². The van der Waals surface area contributed by atoms with Gasteiger partial charge in [-0.05, 0) is 54.3 Å². The number of anilines is 1. The van der Waals surface area contributed by atoms with E-state index in [-0.39, 0.29) is 0 Å². The smallest absolute Gasteiger partial charge is 0.122 e. The van der Waals surface area contributed by atoms with Crippen molar-refractivity contribution >= 4 is 5.69 Å². The largest absolute Gasteiger partial charge is 0.496 e. The van der Waals surface area contributed by atoms with Crippen LogP contribution in [0.5, 0.6) is 5.75 Å². The first kappa shape index (κ1) is 13.5. The molecular weight excluding hydrogens is 234 g/mol. The van der Waals surface area contributed by atoms with Crippen molar-refractivity contribution in [3.05, 3.63) is 58.7 Å². The first-order valence-electron chi connectivity index (χ1n) is 6.55. The number of ether oxygens (including phenoxy) is 1. The van der Waals surface area contributed by atoms with E-state index in [4.69, 9.17) is 4.74 Å². The molecule has 0 radical (unpaired) electrons. The molecule has 0 amide bonds. The Hall–Kier alpha value is -1.96. The highest BCUT2D eigenvalue weighted by atomic mass is 16.5. The van der Waals surface area contributed by atoms with Crippen LogP contribution in [-0.2, 0) is 6.42 Å². The van der Waals surface area contributed by atoms with Gasteiger partial charge in [0.25, 0.3) is 0 Å². The third kappa shape index (κ3) is 3.08. The molecule has 2 rings (SSSR count). The summed E-state index contributed by atoms with van der Waals surface area (Å²) in [5.41, 5.74) is 6.23. The average molecular weight is 255 g/mol. The van der Waals surface area contributed by atoms with Crippen LogP contribution in [0, 0.1) is 13.8 Å². The predicted octanol–water partition coefficient (Wildman–Crippen LogP) is 3.94. The van der Waals surface area contributed by atoms with Gasteiger partial charge in [-0.3, -0.25) is 0 Å². The van der Waals surface area contributed by atoms with E-state index < -0.39 is 0 Å². The molecule has 19 heavy (non-hydrogen) atoms. The SMILES string of the molecule is CNc1cccc(Cc2cc(C)c(C)cc2OC)c1. The average Bonchev–Trinajstić information content (AvgIpc) is 2.43. The molecule has 0 atom stereocenters. The molecule has 0 unspecified atom stereocenters. The van der Waals surface area contributed by atoms with Crippen molar-refractivity contribution in [1.29, 1.82) is 0 Å². The molecule has 2 heteroatoms. The highest BCUT2D eigenvalue weighted by Gasteiger charge is 2.07. The first-order valence-corrected chi connectivity index (χ1v) is 6.55. The van der Waals surface area contributed by atoms with Crippen molar-refractivity contribution in [2.75, 3.05) is 19.5 Å². The number of hydrogen-bond donors (Lipinski definition) is 1. The van der Waals surface area contributed by atoms with Crippen LogP contribution in [0.1, 0.15) is 22.3 Å². The number of rotatable bonds is 4. The lowest BCUT2D eigenvalue weighted by molar-refractivity contribution is 0.410. The fourth-order valence-corrected chi connectivity index (χ4v) is 2.23. The summed E-state index contributed by atoms with van der Waals surface area (Å²) in [6, 6.07) is 12.8. The highest BCUT2D eigenvalue weighted by Crippen LogP contribution is 2.26. The van der Waals surface area contributed by atoms with Crippen molar-refractivity contribution in [2.24, 2.45) is 0 Å². The second-order valence-electron chi connectivity index (χ2n) is 4.88. The Morgan fingerprint density at radius 1 is 1.05 bits per heavy atom. The van der Waals surface area contributed by atoms with Crippen molar-refractivity contribution in [2.45, 2.75) is 20.3 Å². The quantitative estimate of drug-likeness (QED) is 0.893. The van der Waals surface area contributed by atoms with Gasteiger partial charge in [-0.2, -0.15) is 0 Å². The molecule has 0 aliphatic rings. The summed E-state index contributed by atoms with van der Waals surface area (Å²) in [6.45, 7) is 4.26. The lowest BCUT2D eigenvalue weighted by Crippen LogP contribution is -1.97. The molecular formula is C17H21NO. The molecule has 100 valence electrons. The minimum absolute atomic E-state index is 0.889. The Balaban J connectivity index is 2.34. The van der Waals surface area contributed by atoms with Crippen molar-refractivity contribution in [1.82, 2.24) is 0 Å². The third-order valence-corrected chi connectivity index (χ3v) is 3.51. The van der Waals surface area contributed by atoms with Gasteiger partial charge in [0.1, 0.15) is 5.75 Å². The maximum absolute atomic E-state index is 5.49. The fraction of sp³-hybridized carbons (Fsp3) is 0.294. The van der Waals surface area contributed by atoms with Crippen LogP contribution in [0.3, 0.4) is 0 Å². The molecule has 0 aromatic heterocycles. The van der Waals surface area contributed by atoms with Crippen molar-refractivity contribution < 1.29 is 4.74 Å². The Morgan fingerprint density at radius 3 is 2.47 bits per heavy atom. The summed E-state index contributed by atoms with van der Waals surface area (Å²) in [6.07, 6.45) is 0.889. The fourth-order valence-electron chi connectivity index (χ4n) is 2.23. The maximum atomic E-state index is 5.49. The molecule has 0 saturated carbocycles. The van der Waals surface area contributed by atoms with Gasteiger partial charge in [0.05, 0.1) is 7.11 Å². The van der Waals surface area contributed by atoms with Crippen LogP contribution in [0.2, 0.25) is 0 Å². The van der Waals surface area contributed by atoms with Gasteiger partial charge in [-0.1, -0.05) is 18.2 Å². The van der Waals surface area contributed by atoms with Gasteiger partial charge in [0.2, 0.25) is 0 Å². The lowest BCUT2D eigenvalue weighted by atomic mass is 9.99. The molecule has 0 saturated heterocycles. The van der Waals surface area contributed by atoms with Gasteiger partial charge in [-0.15, -0.1) is 0 Å². The molecule has 2 aromatic rings. The minimum atomic E-state index is 0.889. The van der Waals surface area contributed by atoms with Gasteiger partial charge in [0, 0.05) is 19.2 Å². The number of methoxy groups -OCH3 is 1. The summed E-state index contributed by atoms with van der Waals surface area (Å²) in [4.78, 5) is 0. The van der Waals surface area contributed by atoms with E-state index in [0.717, 1.165) is 17.9 Å². The van der Waals surface area contributed by atoms with E-state index in [1.165, 1.54) is 22.3 Å². The summed E-state index contributed by atoms with van der Waals surface area (Å²) in [5, 5.41) is 3.17. The zero-order valence-electron chi connectivity index (χ0n) is 12.1. The molecule has 2 aromatic carbocycles. The van der Waals surface area contributed by atoms with E-state index >= 15 is 0 Å². The number of nitrogens with one attached hydrogen (secondary N) is 1. The summed E-state index contributed by atoms with van der Waals surface area (Å²) in [7, 11) is 3.67. The van der Waals surface area contributed by atoms with E-state index in [9.17, 15) is 0 Å². The van der Waals surface area contributed by atoms with Gasteiger partial charge in [0.15, 0.2) is 0 Å². The minimum Gasteiger partial charge on any atom is -0.496 e. The van der Waals surface area contributed by atoms with Crippen LogP contribution in [0.15, 0.2) is 36.4 Å². The Labute approximate surface area is 115 Å². The lowest BCUT2D eigenvalue weighted by Gasteiger charge is -2.12. The van der Waals surface area contributed by atoms with Crippen LogP contribution in [0.25, 0.3) is 0 Å². The van der Waals surface area contributed by atoms with Crippen LogP contribution in [-0.4, -0.2) is 14.2 Å². The topological polar surface area (TPSA) is 21.3 Å². The number of benzene rings is 2. The highest BCUT2D eigenvalue weighted by molar-refractivity contribution is 5.49. The molecule has 0 aliphatic carbocycles. The maximum Gasteiger partial charge on any atom is 0.122 e. The summed E-state index contributed by atoms with van der Waals surface area (Å²) >= 11 is 0. The van der Waals surface area contributed by atoms with Crippen LogP contribution >= 0.6 is 0 Å². The first-order chi connectivity index (χ1) is 9.13. The standard InChI is InChI=1S/C17H21NO/c1-12-8-15(17(19-4)9-13(12)2)10-14-6-5-7-16(11-14)18-3/h5-9,11,18H,10H2,1-4H3. The molecule has 0 aliphatic heterocycles. The van der Waals surface area contributed by atoms with Gasteiger partial charge >= 0.3 is 0 Å². The zero-order valence-corrected chi connectivity index (χ0v) is 12.1. The predicted molar refractivity (Wildman–Crippen MR) is 81.3 cm³/mol. The van der Waals surface area contributed by atoms with Crippen molar-refractivity contribution in [3.8, 4) is 5.75 Å². The summed E-state index contributed by atoms with van der Waals surface area (Å²) in [5.74, 6) is 0.970. The third-order valence-electron chi connectivity index (χ3n) is 3.51. The Bertz CT molecular complexity index is 575. The number of aryl methyl sites for hydroxylation is 2. The molecule has 0 spiro atoms. The zero-order chi connectivity index (χ0) is 13.8. The molecule has 0 heterocycles. The monoisotopic (exact) mass is 255 g/mol. The molecule has 1 N–H and O–H groups in total. The van der Waals surface area contributed by atoms with E-state index in [0.29, 0.717) is 0 Å². The number of hydrogen-bond acceptors (Lipinski definition) is 2. The molecule has 0 fully saturated rings.